The molecule has 0 spiro atoms. The predicted molar refractivity (Wildman–Crippen MR) is 11.3 cm³/mol. The second-order valence-electron chi connectivity index (χ2n) is 0. The smallest absolute Gasteiger partial charge is 1.00 e. The Kier molecular flexibility index (Phi) is 847. The zero-order valence-corrected chi connectivity index (χ0v) is 6.96. The van der Waals surface area contributed by atoms with Crippen LogP contribution in [0, 0.1) is 0 Å². The third kappa shape index (κ3) is 53.8. The van der Waals surface area contributed by atoms with Crippen LogP contribution in [0.25, 0.3) is 0 Å². The Balaban J connectivity index is -0.000000000833. The van der Waals surface area contributed by atoms with Gasteiger partial charge in [0.15, 0.2) is 0 Å². The first-order chi connectivity index (χ1) is 1.00. The molecule has 0 aliphatic heterocycles. The van der Waals surface area contributed by atoms with E-state index in [0.717, 1.165) is 0 Å². The molecule has 0 aliphatic carbocycles. The number of rotatable bonds is 0. The molecule has 0 heterocycles. The molecule has 0 amide bonds. The van der Waals surface area contributed by atoms with Crippen LogP contribution in [0.1, 0.15) is 13.8 Å². The Morgan fingerprint density at radius 3 is 0.667 bits per heavy atom. The molecule has 0 aromatic rings. The summed E-state index contributed by atoms with van der Waals surface area (Å²) in [5.74, 6) is 0. The topological polar surface area (TPSA) is 0 Å². The molecule has 0 unspecified atom stereocenters. The molecule has 0 aromatic carbocycles. The molecular formula is C2H6Cl3Mn. The van der Waals surface area contributed by atoms with Gasteiger partial charge in [-0.15, -0.1) is 0 Å². The van der Waals surface area contributed by atoms with Gasteiger partial charge in [0, 0.05) is 0 Å². The van der Waals surface area contributed by atoms with Crippen molar-refractivity contribution in [2.45, 2.75) is 13.8 Å². The van der Waals surface area contributed by atoms with Crippen molar-refractivity contribution in [3.8, 4) is 0 Å². The fourth-order valence-electron chi connectivity index (χ4n) is 0. The molecule has 0 saturated carbocycles. The van der Waals surface area contributed by atoms with Crippen LogP contribution < -0.4 is 37.2 Å². The zero-order chi connectivity index (χ0) is 2.00. The van der Waals surface area contributed by atoms with E-state index < -0.39 is 0 Å². The second-order valence-corrected chi connectivity index (χ2v) is 0. The largest absolute Gasteiger partial charge is 3.00 e. The van der Waals surface area contributed by atoms with E-state index in [1.165, 1.54) is 0 Å². The minimum Gasteiger partial charge on any atom is -1.00 e. The average molecular weight is 191 g/mol. The Morgan fingerprint density at radius 1 is 0.667 bits per heavy atom. The fourth-order valence-corrected chi connectivity index (χ4v) is 0. The molecular weight excluding hydrogens is 185 g/mol. The van der Waals surface area contributed by atoms with Crippen LogP contribution in [0.3, 0.4) is 0 Å². The fraction of sp³-hybridized carbons (Fsp3) is 1.00. The first-order valence-corrected chi connectivity index (χ1v) is 1.00. The molecule has 0 bridgehead atoms. The molecule has 42 valence electrons. The van der Waals surface area contributed by atoms with Crippen LogP contribution in [0.5, 0.6) is 0 Å². The van der Waals surface area contributed by atoms with Crippen molar-refractivity contribution in [1.29, 1.82) is 0 Å². The van der Waals surface area contributed by atoms with Crippen molar-refractivity contribution >= 4 is 0 Å². The average Bonchev–Trinajstić information content (AvgIpc) is 1.00. The van der Waals surface area contributed by atoms with Gasteiger partial charge in [-0.3, -0.25) is 0 Å². The van der Waals surface area contributed by atoms with Crippen molar-refractivity contribution in [2.24, 2.45) is 0 Å². The summed E-state index contributed by atoms with van der Waals surface area (Å²) in [7, 11) is 0. The molecule has 0 atom stereocenters. The molecule has 0 N–H and O–H groups in total. The minimum atomic E-state index is 0. The van der Waals surface area contributed by atoms with Crippen LogP contribution >= 0.6 is 0 Å². The van der Waals surface area contributed by atoms with E-state index in [1.807, 2.05) is 13.8 Å². The van der Waals surface area contributed by atoms with Crippen molar-refractivity contribution in [1.82, 2.24) is 0 Å². The quantitative estimate of drug-likeness (QED) is 0.334. The molecule has 0 rings (SSSR count). The second kappa shape index (κ2) is 96.1. The van der Waals surface area contributed by atoms with E-state index in [4.69, 9.17) is 0 Å². The third-order valence-corrected chi connectivity index (χ3v) is 0. The zero-order valence-electron chi connectivity index (χ0n) is 3.51. The van der Waals surface area contributed by atoms with E-state index in [-0.39, 0.29) is 54.3 Å². The van der Waals surface area contributed by atoms with Crippen molar-refractivity contribution in [2.75, 3.05) is 0 Å². The summed E-state index contributed by atoms with van der Waals surface area (Å²) in [6.07, 6.45) is 0. The molecule has 0 nitrogen and oxygen atoms in total. The maximum atomic E-state index is 2.00. The molecule has 0 aliphatic rings. The van der Waals surface area contributed by atoms with E-state index in [0.29, 0.717) is 0 Å². The molecule has 4 heteroatoms. The molecule has 6 heavy (non-hydrogen) atoms. The Morgan fingerprint density at radius 2 is 0.667 bits per heavy atom. The Labute approximate surface area is 68.2 Å². The van der Waals surface area contributed by atoms with Gasteiger partial charge in [0.2, 0.25) is 0 Å². The number of hydrogen-bond donors (Lipinski definition) is 0. The van der Waals surface area contributed by atoms with Gasteiger partial charge < -0.3 is 37.2 Å². The van der Waals surface area contributed by atoms with Gasteiger partial charge in [-0.25, -0.2) is 0 Å². The SMILES string of the molecule is CC.[Cl-].[Cl-].[Cl-].[Mn+3]. The van der Waals surface area contributed by atoms with E-state index in [2.05, 4.69) is 0 Å². The van der Waals surface area contributed by atoms with Gasteiger partial charge in [-0.2, -0.15) is 0 Å². The minimum absolute atomic E-state index is 0. The normalized spacial score (nSPS) is 1.00. The summed E-state index contributed by atoms with van der Waals surface area (Å²) in [6.45, 7) is 4.00. The maximum absolute atomic E-state index is 2.00. The van der Waals surface area contributed by atoms with Crippen molar-refractivity contribution in [3.63, 3.8) is 0 Å². The summed E-state index contributed by atoms with van der Waals surface area (Å²) in [5.41, 5.74) is 0. The van der Waals surface area contributed by atoms with E-state index >= 15 is 0 Å². The standard InChI is InChI=1S/C2H6.3ClH.Mn/c1-2;;;;/h1-2H3;3*1H;/q;;;;+3/p-3. The van der Waals surface area contributed by atoms with Gasteiger partial charge in [0.05, 0.1) is 0 Å². The van der Waals surface area contributed by atoms with Gasteiger partial charge in [-0.05, 0) is 0 Å². The van der Waals surface area contributed by atoms with E-state index in [9.17, 15) is 0 Å². The number of halogens is 3. The first-order valence-electron chi connectivity index (χ1n) is 1.00. The summed E-state index contributed by atoms with van der Waals surface area (Å²) in [5, 5.41) is 0. The van der Waals surface area contributed by atoms with Crippen LogP contribution in [0.2, 0.25) is 0 Å². The maximum Gasteiger partial charge on any atom is 3.00 e. The summed E-state index contributed by atoms with van der Waals surface area (Å²) < 4.78 is 0. The van der Waals surface area contributed by atoms with Crippen LogP contribution in [-0.2, 0) is 17.1 Å². The van der Waals surface area contributed by atoms with Gasteiger partial charge in [-0.1, -0.05) is 13.8 Å². The number of hydrogen-bond acceptors (Lipinski definition) is 0. The van der Waals surface area contributed by atoms with Crippen LogP contribution in [0.15, 0.2) is 0 Å². The molecule has 0 fully saturated rings. The van der Waals surface area contributed by atoms with Crippen molar-refractivity contribution in [3.05, 3.63) is 0 Å². The predicted octanol–water partition coefficient (Wildman–Crippen LogP) is -7.96. The summed E-state index contributed by atoms with van der Waals surface area (Å²) in [6, 6.07) is 0. The van der Waals surface area contributed by atoms with E-state index in [1.54, 1.807) is 0 Å². The van der Waals surface area contributed by atoms with Gasteiger partial charge >= 0.3 is 17.1 Å². The van der Waals surface area contributed by atoms with Crippen molar-refractivity contribution < 1.29 is 54.3 Å². The molecule has 0 aromatic heterocycles. The van der Waals surface area contributed by atoms with Gasteiger partial charge in [0.1, 0.15) is 0 Å². The summed E-state index contributed by atoms with van der Waals surface area (Å²) in [4.78, 5) is 0. The summed E-state index contributed by atoms with van der Waals surface area (Å²) >= 11 is 0. The first kappa shape index (κ1) is 52.8. The molecule has 0 saturated heterocycles. The third-order valence-electron chi connectivity index (χ3n) is 0. The Bertz CT molecular complexity index is 8.75. The van der Waals surface area contributed by atoms with Crippen LogP contribution in [0.4, 0.5) is 0 Å². The molecule has 0 radical (unpaired) electrons. The van der Waals surface area contributed by atoms with Crippen LogP contribution in [-0.4, -0.2) is 0 Å². The van der Waals surface area contributed by atoms with Gasteiger partial charge in [0.25, 0.3) is 0 Å². The monoisotopic (exact) mass is 190 g/mol. The Hall–Kier alpha value is 1.39.